The van der Waals surface area contributed by atoms with Crippen molar-refractivity contribution >= 4 is 15.9 Å². The zero-order valence-electron chi connectivity index (χ0n) is 8.27. The maximum absolute atomic E-state index is 12.5. The van der Waals surface area contributed by atoms with Crippen molar-refractivity contribution in [3.8, 4) is 0 Å². The fraction of sp³-hybridized carbons (Fsp3) is 0.667. The third-order valence-electron chi connectivity index (χ3n) is 2.86. The van der Waals surface area contributed by atoms with E-state index in [0.29, 0.717) is 12.5 Å². The van der Waals surface area contributed by atoms with Gasteiger partial charge in [-0.2, -0.15) is 13.2 Å². The summed E-state index contributed by atoms with van der Waals surface area (Å²) in [4.78, 5) is 11.2. The quantitative estimate of drug-likeness (QED) is 0.896. The number of alkyl halides is 3. The summed E-state index contributed by atoms with van der Waals surface area (Å²) in [6, 6.07) is 0. The Labute approximate surface area is 97.7 Å². The van der Waals surface area contributed by atoms with E-state index in [1.54, 1.807) is 0 Å². The van der Waals surface area contributed by atoms with Crippen molar-refractivity contribution in [1.82, 2.24) is 9.78 Å². The molecule has 0 radical (unpaired) electrons. The minimum absolute atomic E-state index is 0.197. The third-order valence-corrected chi connectivity index (χ3v) is 3.68. The summed E-state index contributed by atoms with van der Waals surface area (Å²) in [5, 5.41) is 2.21. The van der Waals surface area contributed by atoms with Gasteiger partial charge in [-0.3, -0.25) is 14.6 Å². The fourth-order valence-electron chi connectivity index (χ4n) is 1.76. The smallest absolute Gasteiger partial charge is 0.277 e. The molecular formula is C9H10BrF3N2O. The van der Waals surface area contributed by atoms with E-state index in [0.717, 1.165) is 19.3 Å². The standard InChI is InChI=1S/C9H10BrF3N2O/c10-7-6(9(11,12)13)8(16)14-15(7)4-5-2-1-3-5/h5H,1-4H2,(H,14,16). The maximum Gasteiger partial charge on any atom is 0.424 e. The molecule has 0 spiro atoms. The SMILES string of the molecule is O=c1[nH]n(CC2CCC2)c(Br)c1C(F)(F)F. The number of H-pyrrole nitrogens is 1. The molecule has 2 rings (SSSR count). The summed E-state index contributed by atoms with van der Waals surface area (Å²) in [6.07, 6.45) is -1.49. The van der Waals surface area contributed by atoms with Crippen molar-refractivity contribution in [3.63, 3.8) is 0 Å². The molecule has 3 nitrogen and oxygen atoms in total. The Bertz CT molecular complexity index is 445. The molecule has 1 aromatic heterocycles. The number of hydrogen-bond donors (Lipinski definition) is 1. The van der Waals surface area contributed by atoms with Gasteiger partial charge in [0.15, 0.2) is 5.56 Å². The zero-order chi connectivity index (χ0) is 11.9. The van der Waals surface area contributed by atoms with Crippen LogP contribution in [-0.2, 0) is 12.7 Å². The number of nitrogens with one attached hydrogen (secondary N) is 1. The van der Waals surface area contributed by atoms with Gasteiger partial charge in [0.05, 0.1) is 0 Å². The van der Waals surface area contributed by atoms with Gasteiger partial charge in [0.25, 0.3) is 5.56 Å². The lowest BCUT2D eigenvalue weighted by molar-refractivity contribution is -0.139. The highest BCUT2D eigenvalue weighted by Gasteiger charge is 2.39. The molecule has 0 bridgehead atoms. The Kier molecular flexibility index (Phi) is 2.90. The first-order valence-electron chi connectivity index (χ1n) is 4.95. The Balaban J connectivity index is 2.30. The van der Waals surface area contributed by atoms with Gasteiger partial charge in [0.1, 0.15) is 4.60 Å². The number of hydrogen-bond acceptors (Lipinski definition) is 1. The van der Waals surface area contributed by atoms with Crippen LogP contribution < -0.4 is 5.56 Å². The van der Waals surface area contributed by atoms with Crippen LogP contribution in [-0.4, -0.2) is 9.78 Å². The van der Waals surface area contributed by atoms with Gasteiger partial charge in [-0.1, -0.05) is 6.42 Å². The van der Waals surface area contributed by atoms with Crippen LogP contribution in [0.25, 0.3) is 0 Å². The molecule has 16 heavy (non-hydrogen) atoms. The number of rotatable bonds is 2. The summed E-state index contributed by atoms with van der Waals surface area (Å²) in [5.74, 6) is 0.375. The van der Waals surface area contributed by atoms with Crippen LogP contribution in [0.2, 0.25) is 0 Å². The van der Waals surface area contributed by atoms with E-state index < -0.39 is 17.3 Å². The highest BCUT2D eigenvalue weighted by atomic mass is 79.9. The van der Waals surface area contributed by atoms with Gasteiger partial charge in [-0.15, -0.1) is 0 Å². The Morgan fingerprint density at radius 1 is 1.44 bits per heavy atom. The highest BCUT2D eigenvalue weighted by molar-refractivity contribution is 9.10. The van der Waals surface area contributed by atoms with Gasteiger partial charge in [-0.25, -0.2) is 0 Å². The average Bonchev–Trinajstić information content (AvgIpc) is 2.33. The van der Waals surface area contributed by atoms with Crippen molar-refractivity contribution < 1.29 is 13.2 Å². The molecule has 1 aliphatic carbocycles. The molecule has 7 heteroatoms. The molecule has 0 unspecified atom stereocenters. The normalized spacial score (nSPS) is 17.5. The van der Waals surface area contributed by atoms with Gasteiger partial charge in [0.2, 0.25) is 0 Å². The predicted molar refractivity (Wildman–Crippen MR) is 55.1 cm³/mol. The lowest BCUT2D eigenvalue weighted by atomic mass is 9.85. The number of aromatic nitrogens is 2. The van der Waals surface area contributed by atoms with E-state index in [1.807, 2.05) is 0 Å². The molecule has 1 saturated carbocycles. The average molecular weight is 299 g/mol. The molecule has 0 atom stereocenters. The first-order chi connectivity index (χ1) is 7.39. The Hall–Kier alpha value is -0.720. The van der Waals surface area contributed by atoms with Gasteiger partial charge in [0, 0.05) is 6.54 Å². The van der Waals surface area contributed by atoms with Crippen molar-refractivity contribution in [2.75, 3.05) is 0 Å². The fourth-order valence-corrected chi connectivity index (χ4v) is 2.40. The van der Waals surface area contributed by atoms with Gasteiger partial charge >= 0.3 is 6.18 Å². The van der Waals surface area contributed by atoms with Crippen molar-refractivity contribution in [3.05, 3.63) is 20.5 Å². The number of aromatic amines is 1. The van der Waals surface area contributed by atoms with Crippen LogP contribution in [0.15, 0.2) is 9.40 Å². The van der Waals surface area contributed by atoms with Crippen LogP contribution in [0.4, 0.5) is 13.2 Å². The molecule has 1 N–H and O–H groups in total. The zero-order valence-corrected chi connectivity index (χ0v) is 9.86. The Morgan fingerprint density at radius 3 is 2.44 bits per heavy atom. The minimum Gasteiger partial charge on any atom is -0.277 e. The van der Waals surface area contributed by atoms with Crippen LogP contribution in [0, 0.1) is 5.92 Å². The van der Waals surface area contributed by atoms with Crippen molar-refractivity contribution in [1.29, 1.82) is 0 Å². The molecule has 0 aromatic carbocycles. The van der Waals surface area contributed by atoms with Crippen molar-refractivity contribution in [2.45, 2.75) is 32.0 Å². The van der Waals surface area contributed by atoms with E-state index in [-0.39, 0.29) is 4.60 Å². The van der Waals surface area contributed by atoms with Gasteiger partial charge in [-0.05, 0) is 34.7 Å². The predicted octanol–water partition coefficient (Wildman–Crippen LogP) is 2.76. The lowest BCUT2D eigenvalue weighted by Crippen LogP contribution is -2.20. The lowest BCUT2D eigenvalue weighted by Gasteiger charge is -2.25. The summed E-state index contributed by atoms with van der Waals surface area (Å²) in [5.41, 5.74) is -2.23. The highest BCUT2D eigenvalue weighted by Crippen LogP contribution is 2.34. The maximum atomic E-state index is 12.5. The topological polar surface area (TPSA) is 37.8 Å². The second-order valence-electron chi connectivity index (χ2n) is 4.01. The second kappa shape index (κ2) is 3.94. The summed E-state index contributed by atoms with van der Waals surface area (Å²) in [7, 11) is 0. The van der Waals surface area contributed by atoms with E-state index in [4.69, 9.17) is 0 Å². The van der Waals surface area contributed by atoms with Crippen LogP contribution in [0.3, 0.4) is 0 Å². The summed E-state index contributed by atoms with van der Waals surface area (Å²) < 4.78 is 38.5. The molecule has 90 valence electrons. The minimum atomic E-state index is -4.61. The molecule has 0 aliphatic heterocycles. The molecule has 1 heterocycles. The molecule has 0 saturated heterocycles. The Morgan fingerprint density at radius 2 is 2.06 bits per heavy atom. The monoisotopic (exact) mass is 298 g/mol. The largest absolute Gasteiger partial charge is 0.424 e. The molecule has 1 fully saturated rings. The summed E-state index contributed by atoms with van der Waals surface area (Å²) >= 11 is 2.83. The number of nitrogens with zero attached hydrogens (tertiary/aromatic N) is 1. The van der Waals surface area contributed by atoms with Crippen LogP contribution in [0.1, 0.15) is 24.8 Å². The van der Waals surface area contributed by atoms with E-state index in [2.05, 4.69) is 21.0 Å². The summed E-state index contributed by atoms with van der Waals surface area (Å²) in [6.45, 7) is 0.436. The van der Waals surface area contributed by atoms with Crippen LogP contribution >= 0.6 is 15.9 Å². The van der Waals surface area contributed by atoms with Gasteiger partial charge < -0.3 is 0 Å². The number of halogens is 4. The first kappa shape index (κ1) is 11.8. The molecule has 1 aliphatic rings. The molecule has 0 amide bonds. The van der Waals surface area contributed by atoms with E-state index >= 15 is 0 Å². The second-order valence-corrected chi connectivity index (χ2v) is 4.76. The molecular weight excluding hydrogens is 289 g/mol. The van der Waals surface area contributed by atoms with Crippen molar-refractivity contribution in [2.24, 2.45) is 5.92 Å². The van der Waals surface area contributed by atoms with E-state index in [9.17, 15) is 18.0 Å². The molecule has 1 aromatic rings. The first-order valence-corrected chi connectivity index (χ1v) is 5.74. The van der Waals surface area contributed by atoms with E-state index in [1.165, 1.54) is 4.68 Å². The third kappa shape index (κ3) is 2.05. The van der Waals surface area contributed by atoms with Crippen LogP contribution in [0.5, 0.6) is 0 Å².